The summed E-state index contributed by atoms with van der Waals surface area (Å²) in [5, 5.41) is 27.7. The lowest BCUT2D eigenvalue weighted by Crippen LogP contribution is -2.25. The number of allylic oxidation sites excluding steroid dienone is 4. The molecule has 0 aromatic heterocycles. The molecule has 0 spiro atoms. The molecule has 0 aromatic rings. The molecule has 0 aromatic carbocycles. The van der Waals surface area contributed by atoms with Crippen LogP contribution in [0.4, 0.5) is 0 Å². The van der Waals surface area contributed by atoms with Crippen molar-refractivity contribution in [2.75, 3.05) is 6.61 Å². The zero-order valence-electron chi connectivity index (χ0n) is 9.63. The first kappa shape index (κ1) is 15.1. The fourth-order valence-corrected chi connectivity index (χ4v) is 1.30. The highest BCUT2D eigenvalue weighted by atomic mass is 16.3. The lowest BCUT2D eigenvalue weighted by atomic mass is 10.0. The summed E-state index contributed by atoms with van der Waals surface area (Å²) in [6, 6.07) is 0. The Hall–Kier alpha value is -0.900. The van der Waals surface area contributed by atoms with Gasteiger partial charge in [-0.2, -0.15) is 0 Å². The molecule has 2 unspecified atom stereocenters. The molecule has 0 saturated carbocycles. The Kier molecular flexibility index (Phi) is 10.0. The van der Waals surface area contributed by atoms with E-state index in [9.17, 15) is 10.2 Å². The van der Waals surface area contributed by atoms with Gasteiger partial charge in [0.2, 0.25) is 0 Å². The Labute approximate surface area is 97.4 Å². The Morgan fingerprint density at radius 1 is 0.938 bits per heavy atom. The predicted molar refractivity (Wildman–Crippen MR) is 66.0 cm³/mol. The zero-order valence-corrected chi connectivity index (χ0v) is 9.63. The van der Waals surface area contributed by atoms with Crippen LogP contribution in [0.25, 0.3) is 0 Å². The van der Waals surface area contributed by atoms with Gasteiger partial charge >= 0.3 is 0 Å². The van der Waals surface area contributed by atoms with Gasteiger partial charge in [-0.1, -0.05) is 37.0 Å². The number of aliphatic hydroxyl groups excluding tert-OH is 3. The van der Waals surface area contributed by atoms with E-state index in [0.717, 1.165) is 6.42 Å². The number of rotatable bonds is 9. The average Bonchev–Trinajstić information content (AvgIpc) is 2.29. The molecule has 92 valence electrons. The maximum Gasteiger partial charge on any atom is 0.0802 e. The van der Waals surface area contributed by atoms with E-state index in [-0.39, 0.29) is 6.61 Å². The standard InChI is InChI=1S/C13H22O3/c1-2-3-4-6-9-12(15)13(16)10-7-5-8-11-14/h2-5,8,12-16H,1,6-7,9-11H2. The minimum absolute atomic E-state index is 0.0188. The van der Waals surface area contributed by atoms with Crippen LogP contribution >= 0.6 is 0 Å². The molecule has 0 saturated heterocycles. The second-order valence-electron chi connectivity index (χ2n) is 3.61. The quantitative estimate of drug-likeness (QED) is 0.413. The molecule has 0 amide bonds. The van der Waals surface area contributed by atoms with Gasteiger partial charge in [-0.05, 0) is 25.7 Å². The summed E-state index contributed by atoms with van der Waals surface area (Å²) >= 11 is 0. The van der Waals surface area contributed by atoms with Crippen LogP contribution in [0, 0.1) is 0 Å². The van der Waals surface area contributed by atoms with Crippen molar-refractivity contribution in [3.8, 4) is 0 Å². The van der Waals surface area contributed by atoms with Crippen LogP contribution in [0.5, 0.6) is 0 Å². The second-order valence-corrected chi connectivity index (χ2v) is 3.61. The molecule has 0 rings (SSSR count). The molecule has 0 bridgehead atoms. The third-order valence-corrected chi connectivity index (χ3v) is 2.25. The van der Waals surface area contributed by atoms with Gasteiger partial charge in [0.25, 0.3) is 0 Å². The van der Waals surface area contributed by atoms with Gasteiger partial charge in [0.05, 0.1) is 18.8 Å². The molecule has 3 heteroatoms. The van der Waals surface area contributed by atoms with Crippen molar-refractivity contribution in [3.05, 3.63) is 37.0 Å². The van der Waals surface area contributed by atoms with Gasteiger partial charge in [-0.25, -0.2) is 0 Å². The van der Waals surface area contributed by atoms with Crippen LogP contribution in [-0.4, -0.2) is 34.1 Å². The van der Waals surface area contributed by atoms with Crippen LogP contribution in [0.3, 0.4) is 0 Å². The normalized spacial score (nSPS) is 15.7. The molecule has 0 heterocycles. The molecule has 2 atom stereocenters. The highest BCUT2D eigenvalue weighted by molar-refractivity contribution is 4.97. The van der Waals surface area contributed by atoms with Crippen LogP contribution < -0.4 is 0 Å². The van der Waals surface area contributed by atoms with E-state index in [0.29, 0.717) is 19.3 Å². The molecule has 3 nitrogen and oxygen atoms in total. The van der Waals surface area contributed by atoms with Crippen LogP contribution in [0.2, 0.25) is 0 Å². The minimum atomic E-state index is -0.694. The van der Waals surface area contributed by atoms with Crippen LogP contribution in [0.15, 0.2) is 37.0 Å². The molecule has 3 N–H and O–H groups in total. The molecular weight excluding hydrogens is 204 g/mol. The van der Waals surface area contributed by atoms with Gasteiger partial charge in [0.1, 0.15) is 0 Å². The van der Waals surface area contributed by atoms with E-state index in [1.54, 1.807) is 18.2 Å². The molecule has 0 aliphatic rings. The van der Waals surface area contributed by atoms with Crippen molar-refractivity contribution < 1.29 is 15.3 Å². The van der Waals surface area contributed by atoms with Gasteiger partial charge in [0, 0.05) is 0 Å². The molecule has 0 aliphatic carbocycles. The highest BCUT2D eigenvalue weighted by Gasteiger charge is 2.13. The first-order chi connectivity index (χ1) is 7.72. The molecule has 0 aliphatic heterocycles. The van der Waals surface area contributed by atoms with Crippen molar-refractivity contribution in [1.29, 1.82) is 0 Å². The average molecular weight is 226 g/mol. The Morgan fingerprint density at radius 2 is 1.50 bits per heavy atom. The Morgan fingerprint density at radius 3 is 2.00 bits per heavy atom. The third kappa shape index (κ3) is 8.41. The monoisotopic (exact) mass is 226 g/mol. The topological polar surface area (TPSA) is 60.7 Å². The number of aliphatic hydroxyl groups is 3. The zero-order chi connectivity index (χ0) is 12.2. The maximum absolute atomic E-state index is 9.59. The van der Waals surface area contributed by atoms with Gasteiger partial charge in [0.15, 0.2) is 0 Å². The molecule has 0 fully saturated rings. The van der Waals surface area contributed by atoms with Crippen molar-refractivity contribution in [2.24, 2.45) is 0 Å². The van der Waals surface area contributed by atoms with E-state index in [4.69, 9.17) is 5.11 Å². The minimum Gasteiger partial charge on any atom is -0.392 e. The van der Waals surface area contributed by atoms with E-state index >= 15 is 0 Å². The molecule has 16 heavy (non-hydrogen) atoms. The Balaban J connectivity index is 3.63. The second kappa shape index (κ2) is 10.6. The fourth-order valence-electron chi connectivity index (χ4n) is 1.30. The van der Waals surface area contributed by atoms with Gasteiger partial charge in [-0.15, -0.1) is 0 Å². The van der Waals surface area contributed by atoms with Gasteiger partial charge < -0.3 is 15.3 Å². The van der Waals surface area contributed by atoms with Crippen LogP contribution in [-0.2, 0) is 0 Å². The first-order valence-corrected chi connectivity index (χ1v) is 5.62. The third-order valence-electron chi connectivity index (χ3n) is 2.25. The fraction of sp³-hybridized carbons (Fsp3) is 0.538. The summed E-state index contributed by atoms with van der Waals surface area (Å²) in [5.74, 6) is 0. The van der Waals surface area contributed by atoms with E-state index < -0.39 is 12.2 Å². The van der Waals surface area contributed by atoms with Crippen molar-refractivity contribution in [2.45, 2.75) is 37.9 Å². The summed E-state index contributed by atoms with van der Waals surface area (Å²) in [7, 11) is 0. The van der Waals surface area contributed by atoms with Crippen molar-refractivity contribution >= 4 is 0 Å². The Bertz CT molecular complexity index is 221. The SMILES string of the molecule is C=CC=CCCC(O)C(O)CCC=CCO. The van der Waals surface area contributed by atoms with Crippen molar-refractivity contribution in [1.82, 2.24) is 0 Å². The number of hydrogen-bond acceptors (Lipinski definition) is 3. The number of hydrogen-bond donors (Lipinski definition) is 3. The summed E-state index contributed by atoms with van der Waals surface area (Å²) in [5.41, 5.74) is 0. The van der Waals surface area contributed by atoms with Gasteiger partial charge in [-0.3, -0.25) is 0 Å². The van der Waals surface area contributed by atoms with E-state index in [2.05, 4.69) is 6.58 Å². The predicted octanol–water partition coefficient (Wildman–Crippen LogP) is 1.56. The molecule has 0 radical (unpaired) electrons. The van der Waals surface area contributed by atoms with E-state index in [1.165, 1.54) is 0 Å². The highest BCUT2D eigenvalue weighted by Crippen LogP contribution is 2.09. The lowest BCUT2D eigenvalue weighted by Gasteiger charge is -2.16. The van der Waals surface area contributed by atoms with E-state index in [1.807, 2.05) is 12.2 Å². The first-order valence-electron chi connectivity index (χ1n) is 5.62. The molecular formula is C13H22O3. The summed E-state index contributed by atoms with van der Waals surface area (Å²) in [6.07, 6.45) is 9.94. The largest absolute Gasteiger partial charge is 0.392 e. The lowest BCUT2D eigenvalue weighted by molar-refractivity contribution is 0.0111. The summed E-state index contributed by atoms with van der Waals surface area (Å²) < 4.78 is 0. The van der Waals surface area contributed by atoms with Crippen LogP contribution in [0.1, 0.15) is 25.7 Å². The maximum atomic E-state index is 9.59. The summed E-state index contributed by atoms with van der Waals surface area (Å²) in [6.45, 7) is 3.56. The summed E-state index contributed by atoms with van der Waals surface area (Å²) in [4.78, 5) is 0. The smallest absolute Gasteiger partial charge is 0.0802 e. The van der Waals surface area contributed by atoms with Crippen molar-refractivity contribution in [3.63, 3.8) is 0 Å².